The third kappa shape index (κ3) is 3.55. The van der Waals surface area contributed by atoms with Gasteiger partial charge in [-0.25, -0.2) is 15.4 Å². The van der Waals surface area contributed by atoms with Crippen LogP contribution in [0, 0.1) is 0 Å². The first-order valence-electron chi connectivity index (χ1n) is 8.81. The number of nitrogens with zero attached hydrogens (tertiary/aromatic N) is 3. The first-order chi connectivity index (χ1) is 13.9. The number of hydrazine groups is 1. The smallest absolute Gasteiger partial charge is 0.164 e. The standard InChI is InChI=1S/C18H19Cl2N5O4/c1-21-24-16-9-4-5-25(17(9)23-7-22-16)18-14(28)13(27)15(29-18)12(26)8-2-3-10(19)11(20)6-8/h2-7,12-15,18,21,26-28H,1H3,(H,22,23,24)/t12?,13-,14+,15+,18?/m0/s1. The molecule has 1 aliphatic rings. The molecule has 0 radical (unpaired) electrons. The summed E-state index contributed by atoms with van der Waals surface area (Å²) in [5.74, 6) is 0.552. The van der Waals surface area contributed by atoms with Crippen molar-refractivity contribution < 1.29 is 20.1 Å². The minimum absolute atomic E-state index is 0.269. The molecule has 3 aromatic rings. The molecule has 9 nitrogen and oxygen atoms in total. The lowest BCUT2D eigenvalue weighted by molar-refractivity contribution is -0.0848. The summed E-state index contributed by atoms with van der Waals surface area (Å²) in [6, 6.07) is 6.39. The summed E-state index contributed by atoms with van der Waals surface area (Å²) in [4.78, 5) is 8.41. The van der Waals surface area contributed by atoms with E-state index in [2.05, 4.69) is 20.8 Å². The Morgan fingerprint density at radius 2 is 1.93 bits per heavy atom. The van der Waals surface area contributed by atoms with Crippen LogP contribution in [0.25, 0.3) is 11.0 Å². The van der Waals surface area contributed by atoms with Gasteiger partial charge in [-0.2, -0.15) is 0 Å². The van der Waals surface area contributed by atoms with E-state index in [4.69, 9.17) is 27.9 Å². The molecule has 0 saturated carbocycles. The quantitative estimate of drug-likeness (QED) is 0.380. The van der Waals surface area contributed by atoms with Crippen LogP contribution in [0.2, 0.25) is 10.0 Å². The first kappa shape index (κ1) is 20.3. The minimum Gasteiger partial charge on any atom is -0.387 e. The molecular formula is C18H19Cl2N5O4. The number of aliphatic hydroxyl groups excluding tert-OH is 3. The number of halogens is 2. The zero-order valence-electron chi connectivity index (χ0n) is 15.2. The highest BCUT2D eigenvalue weighted by Gasteiger charge is 2.47. The van der Waals surface area contributed by atoms with Gasteiger partial charge in [-0.3, -0.25) is 0 Å². The highest BCUT2D eigenvalue weighted by Crippen LogP contribution is 2.38. The Balaban J connectivity index is 1.64. The maximum absolute atomic E-state index is 10.7. The number of fused-ring (bicyclic) bond motifs is 1. The molecule has 154 valence electrons. The molecule has 0 bridgehead atoms. The first-order valence-corrected chi connectivity index (χ1v) is 9.57. The lowest BCUT2D eigenvalue weighted by Crippen LogP contribution is -2.34. The van der Waals surface area contributed by atoms with Gasteiger partial charge in [-0.1, -0.05) is 29.3 Å². The van der Waals surface area contributed by atoms with E-state index in [1.54, 1.807) is 36.0 Å². The van der Waals surface area contributed by atoms with Crippen LogP contribution in [0.1, 0.15) is 17.9 Å². The molecule has 1 saturated heterocycles. The molecule has 3 heterocycles. The second-order valence-electron chi connectivity index (χ2n) is 6.65. The highest BCUT2D eigenvalue weighted by atomic mass is 35.5. The summed E-state index contributed by atoms with van der Waals surface area (Å²) in [7, 11) is 1.71. The molecule has 2 unspecified atom stereocenters. The van der Waals surface area contributed by atoms with Gasteiger partial charge in [0, 0.05) is 13.2 Å². The Labute approximate surface area is 175 Å². The topological polar surface area (TPSA) is 125 Å². The molecule has 5 N–H and O–H groups in total. The van der Waals surface area contributed by atoms with Gasteiger partial charge in [0.15, 0.2) is 12.0 Å². The van der Waals surface area contributed by atoms with Crippen LogP contribution in [-0.2, 0) is 4.74 Å². The van der Waals surface area contributed by atoms with E-state index >= 15 is 0 Å². The lowest BCUT2D eigenvalue weighted by Gasteiger charge is -2.21. The minimum atomic E-state index is -1.33. The van der Waals surface area contributed by atoms with E-state index in [9.17, 15) is 15.3 Å². The van der Waals surface area contributed by atoms with E-state index in [0.717, 1.165) is 0 Å². The number of hydrogen-bond donors (Lipinski definition) is 5. The molecule has 4 rings (SSSR count). The summed E-state index contributed by atoms with van der Waals surface area (Å²) in [5.41, 5.74) is 6.61. The lowest BCUT2D eigenvalue weighted by atomic mass is 9.99. The van der Waals surface area contributed by atoms with Crippen molar-refractivity contribution in [1.29, 1.82) is 0 Å². The van der Waals surface area contributed by atoms with Crippen molar-refractivity contribution in [1.82, 2.24) is 20.0 Å². The summed E-state index contributed by atoms with van der Waals surface area (Å²) in [6.45, 7) is 0. The number of anilines is 1. The Kier molecular flexibility index (Phi) is 5.63. The largest absolute Gasteiger partial charge is 0.387 e. The summed E-state index contributed by atoms with van der Waals surface area (Å²) in [5, 5.41) is 33.2. The third-order valence-electron chi connectivity index (χ3n) is 4.90. The molecule has 11 heteroatoms. The number of aliphatic hydroxyl groups is 3. The monoisotopic (exact) mass is 439 g/mol. The van der Waals surface area contributed by atoms with Crippen LogP contribution < -0.4 is 10.9 Å². The molecule has 0 spiro atoms. The van der Waals surface area contributed by atoms with E-state index in [1.165, 1.54) is 12.4 Å². The molecule has 1 aromatic carbocycles. The molecule has 29 heavy (non-hydrogen) atoms. The van der Waals surface area contributed by atoms with Crippen molar-refractivity contribution in [2.24, 2.45) is 0 Å². The maximum Gasteiger partial charge on any atom is 0.164 e. The zero-order valence-corrected chi connectivity index (χ0v) is 16.7. The van der Waals surface area contributed by atoms with Crippen molar-refractivity contribution in [3.05, 3.63) is 52.4 Å². The van der Waals surface area contributed by atoms with Crippen LogP contribution in [-0.4, -0.2) is 55.2 Å². The number of rotatable bonds is 5. The Morgan fingerprint density at radius 1 is 1.14 bits per heavy atom. The average molecular weight is 440 g/mol. The summed E-state index contributed by atoms with van der Waals surface area (Å²) >= 11 is 11.9. The Hall–Kier alpha value is -1.98. The summed E-state index contributed by atoms with van der Waals surface area (Å²) < 4.78 is 7.46. The normalized spacial score (nSPS) is 25.4. The predicted molar refractivity (Wildman–Crippen MR) is 108 cm³/mol. The van der Waals surface area contributed by atoms with Gasteiger partial charge < -0.3 is 30.0 Å². The molecule has 2 aromatic heterocycles. The third-order valence-corrected chi connectivity index (χ3v) is 5.64. The highest BCUT2D eigenvalue weighted by molar-refractivity contribution is 6.42. The van der Waals surface area contributed by atoms with Gasteiger partial charge in [-0.05, 0) is 23.8 Å². The molecule has 1 aliphatic heterocycles. The van der Waals surface area contributed by atoms with Crippen molar-refractivity contribution in [3.8, 4) is 0 Å². The summed E-state index contributed by atoms with van der Waals surface area (Å²) in [6.07, 6.45) is -2.84. The second kappa shape index (κ2) is 8.04. The average Bonchev–Trinajstić information content (AvgIpc) is 3.26. The molecule has 0 aliphatic carbocycles. The number of benzene rings is 1. The fourth-order valence-corrected chi connectivity index (χ4v) is 3.76. The van der Waals surface area contributed by atoms with Crippen molar-refractivity contribution >= 4 is 40.1 Å². The number of aromatic nitrogens is 3. The van der Waals surface area contributed by atoms with Crippen LogP contribution in [0.4, 0.5) is 5.82 Å². The van der Waals surface area contributed by atoms with E-state index in [1.807, 2.05) is 0 Å². The van der Waals surface area contributed by atoms with E-state index < -0.39 is 30.6 Å². The Bertz CT molecular complexity index is 1030. The van der Waals surface area contributed by atoms with Crippen molar-refractivity contribution in [3.63, 3.8) is 0 Å². The predicted octanol–water partition coefficient (Wildman–Crippen LogP) is 1.64. The number of ether oxygens (including phenoxy) is 1. The fraction of sp³-hybridized carbons (Fsp3) is 0.333. The van der Waals surface area contributed by atoms with Gasteiger partial charge in [0.05, 0.1) is 15.4 Å². The van der Waals surface area contributed by atoms with Crippen LogP contribution in [0.3, 0.4) is 0 Å². The van der Waals surface area contributed by atoms with Crippen LogP contribution in [0.5, 0.6) is 0 Å². The van der Waals surface area contributed by atoms with Gasteiger partial charge in [0.2, 0.25) is 0 Å². The maximum atomic E-state index is 10.7. The van der Waals surface area contributed by atoms with Gasteiger partial charge in [-0.15, -0.1) is 0 Å². The van der Waals surface area contributed by atoms with Crippen molar-refractivity contribution in [2.75, 3.05) is 12.5 Å². The number of nitrogens with one attached hydrogen (secondary N) is 2. The SMILES string of the molecule is CNNc1ncnc2c1ccn2C1O[C@H](C(O)c2ccc(Cl)c(Cl)c2)[C@@H](O)[C@H]1O. The van der Waals surface area contributed by atoms with Gasteiger partial charge in [0.25, 0.3) is 0 Å². The van der Waals surface area contributed by atoms with E-state index in [0.29, 0.717) is 27.4 Å². The molecule has 0 amide bonds. The molecule has 1 fully saturated rings. The fourth-order valence-electron chi connectivity index (χ4n) is 3.46. The van der Waals surface area contributed by atoms with Crippen LogP contribution in [0.15, 0.2) is 36.8 Å². The van der Waals surface area contributed by atoms with Gasteiger partial charge >= 0.3 is 0 Å². The van der Waals surface area contributed by atoms with Gasteiger partial charge in [0.1, 0.15) is 36.4 Å². The Morgan fingerprint density at radius 3 is 2.66 bits per heavy atom. The van der Waals surface area contributed by atoms with E-state index in [-0.39, 0.29) is 5.02 Å². The van der Waals surface area contributed by atoms with Crippen LogP contribution >= 0.6 is 23.2 Å². The molecular weight excluding hydrogens is 421 g/mol. The zero-order chi connectivity index (χ0) is 20.7. The van der Waals surface area contributed by atoms with Crippen molar-refractivity contribution in [2.45, 2.75) is 30.6 Å². The molecule has 5 atom stereocenters. The second-order valence-corrected chi connectivity index (χ2v) is 7.46. The number of hydrogen-bond acceptors (Lipinski definition) is 8.